The molecule has 1 fully saturated rings. The van der Waals surface area contributed by atoms with Gasteiger partial charge in [0.15, 0.2) is 0 Å². The normalized spacial score (nSPS) is 17.9. The van der Waals surface area contributed by atoms with E-state index in [1.807, 2.05) is 11.6 Å². The monoisotopic (exact) mass is 293 g/mol. The maximum atomic E-state index is 13.0. The number of nitrogens with two attached hydrogens (primary N) is 1. The zero-order valence-corrected chi connectivity index (χ0v) is 11.9. The highest BCUT2D eigenvalue weighted by atomic mass is 32.2. The van der Waals surface area contributed by atoms with Gasteiger partial charge in [-0.05, 0) is 47.9 Å². The van der Waals surface area contributed by atoms with Gasteiger partial charge in [-0.1, -0.05) is 23.9 Å². The summed E-state index contributed by atoms with van der Waals surface area (Å²) in [6.45, 7) is 1.94. The fourth-order valence-corrected chi connectivity index (χ4v) is 3.17. The second kappa shape index (κ2) is 5.49. The van der Waals surface area contributed by atoms with Crippen LogP contribution in [-0.4, -0.2) is 26.2 Å². The topological polar surface area (TPSA) is 69.6 Å². The van der Waals surface area contributed by atoms with Crippen LogP contribution in [-0.2, 0) is 0 Å². The summed E-state index contributed by atoms with van der Waals surface area (Å²) in [7, 11) is 0. The summed E-state index contributed by atoms with van der Waals surface area (Å²) in [4.78, 5) is 0. The summed E-state index contributed by atoms with van der Waals surface area (Å²) >= 11 is 1.54. The number of hydrogen-bond donors (Lipinski definition) is 1. The second-order valence-electron chi connectivity index (χ2n) is 5.09. The number of nitrogens with zero attached hydrogens (tertiary/aromatic N) is 4. The van der Waals surface area contributed by atoms with Crippen LogP contribution in [0.2, 0.25) is 0 Å². The van der Waals surface area contributed by atoms with Gasteiger partial charge in [0.2, 0.25) is 5.16 Å². The third kappa shape index (κ3) is 2.83. The van der Waals surface area contributed by atoms with Gasteiger partial charge < -0.3 is 5.73 Å². The molecule has 3 rings (SSSR count). The van der Waals surface area contributed by atoms with E-state index in [4.69, 9.17) is 5.73 Å². The molecule has 1 aliphatic rings. The fraction of sp³-hybridized carbons (Fsp3) is 0.462. The van der Waals surface area contributed by atoms with E-state index in [9.17, 15) is 4.39 Å². The van der Waals surface area contributed by atoms with Crippen molar-refractivity contribution in [3.63, 3.8) is 0 Å². The van der Waals surface area contributed by atoms with E-state index in [1.54, 1.807) is 12.1 Å². The highest BCUT2D eigenvalue weighted by Gasteiger charge is 2.30. The number of thioether (sulfide) groups is 1. The first kappa shape index (κ1) is 13.5. The van der Waals surface area contributed by atoms with Gasteiger partial charge in [0.1, 0.15) is 5.82 Å². The van der Waals surface area contributed by atoms with E-state index < -0.39 is 0 Å². The molecule has 1 heterocycles. The molecule has 2 N–H and O–H groups in total. The Hall–Kier alpha value is -1.47. The molecule has 0 amide bonds. The molecule has 1 saturated carbocycles. The molecule has 0 aliphatic heterocycles. The van der Waals surface area contributed by atoms with Crippen molar-refractivity contribution in [1.29, 1.82) is 0 Å². The van der Waals surface area contributed by atoms with Gasteiger partial charge in [0, 0.05) is 6.04 Å². The summed E-state index contributed by atoms with van der Waals surface area (Å²) in [5.41, 5.74) is 7.06. The molecule has 2 unspecified atom stereocenters. The van der Waals surface area contributed by atoms with E-state index in [0.29, 0.717) is 6.04 Å². The van der Waals surface area contributed by atoms with Crippen molar-refractivity contribution in [3.8, 4) is 0 Å². The first-order chi connectivity index (χ1) is 9.65. The molecule has 0 spiro atoms. The Morgan fingerprint density at radius 3 is 2.65 bits per heavy atom. The Bertz CT molecular complexity index is 579. The van der Waals surface area contributed by atoms with E-state index >= 15 is 0 Å². The van der Waals surface area contributed by atoms with Crippen molar-refractivity contribution in [3.05, 3.63) is 35.6 Å². The van der Waals surface area contributed by atoms with Gasteiger partial charge in [-0.2, -0.15) is 0 Å². The number of rotatable bonds is 5. The lowest BCUT2D eigenvalue weighted by atomic mass is 10.1. The van der Waals surface area contributed by atoms with E-state index in [1.165, 1.54) is 23.9 Å². The van der Waals surface area contributed by atoms with E-state index in [2.05, 4.69) is 15.5 Å². The molecule has 106 valence electrons. The molecule has 7 heteroatoms. The molecule has 1 aliphatic carbocycles. The molecule has 0 saturated heterocycles. The third-order valence-corrected chi connectivity index (χ3v) is 4.70. The number of benzene rings is 1. The number of halogens is 1. The first-order valence-corrected chi connectivity index (χ1v) is 7.48. The standard InChI is InChI=1S/C13H16FN5S/c1-8(15)12(9-2-4-10(14)5-3-9)20-13-16-17-18-19(13)11-6-7-11/h2-5,8,11-12H,6-7,15H2,1H3. The number of tetrazole rings is 1. The minimum Gasteiger partial charge on any atom is -0.327 e. The van der Waals surface area contributed by atoms with E-state index in [0.717, 1.165) is 23.6 Å². The Kier molecular flexibility index (Phi) is 3.71. The molecule has 1 aromatic heterocycles. The van der Waals surface area contributed by atoms with Crippen LogP contribution < -0.4 is 5.73 Å². The predicted octanol–water partition coefficient (Wildman–Crippen LogP) is 2.33. The lowest BCUT2D eigenvalue weighted by Gasteiger charge is -2.20. The number of aromatic nitrogens is 4. The van der Waals surface area contributed by atoms with Crippen LogP contribution >= 0.6 is 11.8 Å². The lowest BCUT2D eigenvalue weighted by molar-refractivity contribution is 0.563. The molecular formula is C13H16FN5S. The van der Waals surface area contributed by atoms with Crippen LogP contribution in [0.25, 0.3) is 0 Å². The smallest absolute Gasteiger partial charge is 0.210 e. The van der Waals surface area contributed by atoms with Crippen molar-refractivity contribution in [2.75, 3.05) is 0 Å². The fourth-order valence-electron chi connectivity index (χ4n) is 2.06. The predicted molar refractivity (Wildman–Crippen MR) is 74.7 cm³/mol. The Morgan fingerprint density at radius 1 is 1.35 bits per heavy atom. The van der Waals surface area contributed by atoms with Crippen molar-refractivity contribution in [2.45, 2.75) is 42.3 Å². The molecule has 0 radical (unpaired) electrons. The highest BCUT2D eigenvalue weighted by Crippen LogP contribution is 2.41. The SMILES string of the molecule is CC(N)C(Sc1nnnn1C1CC1)c1ccc(F)cc1. The average molecular weight is 293 g/mol. The lowest BCUT2D eigenvalue weighted by Crippen LogP contribution is -2.23. The quantitative estimate of drug-likeness (QED) is 0.857. The summed E-state index contributed by atoms with van der Waals surface area (Å²) in [6, 6.07) is 6.78. The third-order valence-electron chi connectivity index (χ3n) is 3.26. The van der Waals surface area contributed by atoms with Gasteiger partial charge in [-0.15, -0.1) is 5.10 Å². The first-order valence-electron chi connectivity index (χ1n) is 6.60. The van der Waals surface area contributed by atoms with Crippen LogP contribution in [0.4, 0.5) is 4.39 Å². The Labute approximate surface area is 120 Å². The van der Waals surface area contributed by atoms with Gasteiger partial charge in [0.25, 0.3) is 0 Å². The average Bonchev–Trinajstić information content (AvgIpc) is 3.16. The van der Waals surface area contributed by atoms with Crippen LogP contribution in [0.5, 0.6) is 0 Å². The molecule has 2 atom stereocenters. The van der Waals surface area contributed by atoms with E-state index in [-0.39, 0.29) is 17.1 Å². The van der Waals surface area contributed by atoms with Gasteiger partial charge in [0.05, 0.1) is 11.3 Å². The Morgan fingerprint density at radius 2 is 2.05 bits per heavy atom. The minimum absolute atomic E-state index is 0.000833. The van der Waals surface area contributed by atoms with Crippen molar-refractivity contribution in [1.82, 2.24) is 20.2 Å². The zero-order chi connectivity index (χ0) is 14.1. The van der Waals surface area contributed by atoms with Gasteiger partial charge >= 0.3 is 0 Å². The summed E-state index contributed by atoms with van der Waals surface area (Å²) in [5.74, 6) is -0.245. The van der Waals surface area contributed by atoms with Crippen molar-refractivity contribution >= 4 is 11.8 Å². The van der Waals surface area contributed by atoms with Crippen molar-refractivity contribution in [2.24, 2.45) is 5.73 Å². The van der Waals surface area contributed by atoms with Crippen LogP contribution in [0.15, 0.2) is 29.4 Å². The molecular weight excluding hydrogens is 277 g/mol. The minimum atomic E-state index is -0.245. The molecule has 2 aromatic rings. The molecule has 5 nitrogen and oxygen atoms in total. The Balaban J connectivity index is 1.83. The summed E-state index contributed by atoms with van der Waals surface area (Å²) in [6.07, 6.45) is 2.25. The van der Waals surface area contributed by atoms with Gasteiger partial charge in [-0.3, -0.25) is 0 Å². The maximum absolute atomic E-state index is 13.0. The largest absolute Gasteiger partial charge is 0.327 e. The van der Waals surface area contributed by atoms with Crippen LogP contribution in [0.1, 0.15) is 36.6 Å². The van der Waals surface area contributed by atoms with Crippen LogP contribution in [0.3, 0.4) is 0 Å². The highest BCUT2D eigenvalue weighted by molar-refractivity contribution is 7.99. The molecule has 1 aromatic carbocycles. The number of hydrogen-bond acceptors (Lipinski definition) is 5. The second-order valence-corrected chi connectivity index (χ2v) is 6.20. The maximum Gasteiger partial charge on any atom is 0.210 e. The van der Waals surface area contributed by atoms with Gasteiger partial charge in [-0.25, -0.2) is 9.07 Å². The molecule has 20 heavy (non-hydrogen) atoms. The summed E-state index contributed by atoms with van der Waals surface area (Å²) in [5, 5.41) is 12.6. The molecule has 0 bridgehead atoms. The van der Waals surface area contributed by atoms with Crippen molar-refractivity contribution < 1.29 is 4.39 Å². The van der Waals surface area contributed by atoms with Crippen LogP contribution in [0, 0.1) is 5.82 Å². The zero-order valence-electron chi connectivity index (χ0n) is 11.1. The summed E-state index contributed by atoms with van der Waals surface area (Å²) < 4.78 is 14.9.